The molecule has 10 heteroatoms. The summed E-state index contributed by atoms with van der Waals surface area (Å²) in [5.41, 5.74) is -3.94. The minimum atomic E-state index is -4.92. The second-order valence-electron chi connectivity index (χ2n) is 6.05. The normalized spacial score (nSPS) is 11.5. The van der Waals surface area contributed by atoms with E-state index in [2.05, 4.69) is 0 Å². The summed E-state index contributed by atoms with van der Waals surface area (Å²) >= 11 is 5.97. The zero-order valence-electron chi connectivity index (χ0n) is 14.8. The molecule has 152 valence electrons. The summed E-state index contributed by atoms with van der Waals surface area (Å²) < 4.78 is 59.4. The molecular weight excluding hydrogens is 416 g/mol. The summed E-state index contributed by atoms with van der Waals surface area (Å²) in [7, 11) is 0.835. The molecule has 0 atom stereocenters. The van der Waals surface area contributed by atoms with Crippen molar-refractivity contribution in [1.82, 2.24) is 9.13 Å². The van der Waals surface area contributed by atoms with Gasteiger partial charge in [-0.05, 0) is 11.6 Å². The average molecular weight is 429 g/mol. The van der Waals surface area contributed by atoms with Gasteiger partial charge in [0.05, 0.1) is 10.7 Å². The van der Waals surface area contributed by atoms with E-state index in [-0.39, 0.29) is 32.6 Å². The summed E-state index contributed by atoms with van der Waals surface area (Å²) in [5, 5.41) is -0.126. The Morgan fingerprint density at radius 2 is 1.72 bits per heavy atom. The van der Waals surface area contributed by atoms with Crippen molar-refractivity contribution < 1.29 is 22.3 Å². The highest BCUT2D eigenvalue weighted by molar-refractivity contribution is 6.32. The van der Waals surface area contributed by atoms with E-state index < -0.39 is 34.6 Å². The number of ether oxygens (including phenoxy) is 1. The van der Waals surface area contributed by atoms with Crippen molar-refractivity contribution in [3.8, 4) is 11.4 Å². The van der Waals surface area contributed by atoms with E-state index in [1.165, 1.54) is 0 Å². The molecule has 1 aromatic heterocycles. The zero-order chi connectivity index (χ0) is 21.3. The van der Waals surface area contributed by atoms with Crippen LogP contribution in [0, 0.1) is 5.82 Å². The van der Waals surface area contributed by atoms with Gasteiger partial charge >= 0.3 is 11.9 Å². The highest BCUT2D eigenvalue weighted by Gasteiger charge is 2.35. The van der Waals surface area contributed by atoms with Crippen molar-refractivity contribution >= 4 is 11.6 Å². The summed E-state index contributed by atoms with van der Waals surface area (Å²) in [6, 6.07) is 10.9. The van der Waals surface area contributed by atoms with Gasteiger partial charge in [0.15, 0.2) is 0 Å². The molecule has 0 fully saturated rings. The lowest BCUT2D eigenvalue weighted by Crippen LogP contribution is -2.41. The second kappa shape index (κ2) is 7.75. The predicted molar refractivity (Wildman–Crippen MR) is 98.0 cm³/mol. The molecule has 5 nitrogen and oxygen atoms in total. The Bertz CT molecular complexity index is 1170. The minimum absolute atomic E-state index is 0.0410. The Labute approximate surface area is 166 Å². The van der Waals surface area contributed by atoms with Crippen molar-refractivity contribution in [3.63, 3.8) is 0 Å². The summed E-state index contributed by atoms with van der Waals surface area (Å²) in [4.78, 5) is 24.6. The minimum Gasteiger partial charge on any atom is -0.487 e. The number of benzene rings is 2. The number of aromatic nitrogens is 2. The quantitative estimate of drug-likeness (QED) is 0.592. The lowest BCUT2D eigenvalue weighted by Gasteiger charge is -2.15. The molecule has 0 spiro atoms. The largest absolute Gasteiger partial charge is 0.487 e. The first kappa shape index (κ1) is 20.7. The van der Waals surface area contributed by atoms with Crippen LogP contribution in [-0.2, 0) is 19.8 Å². The SMILES string of the molecule is Cn1c(C(F)(F)F)cc(=O)n(-c2cc(OCc3ccccc3)c(Cl)cc2F)c1=O. The molecule has 0 amide bonds. The lowest BCUT2D eigenvalue weighted by atomic mass is 10.2. The predicted octanol–water partition coefficient (Wildman–Crippen LogP) is 3.93. The molecular formula is C19H13ClF4N2O3. The van der Waals surface area contributed by atoms with Gasteiger partial charge in [0.2, 0.25) is 0 Å². The molecule has 3 aromatic rings. The Balaban J connectivity index is 2.09. The first-order chi connectivity index (χ1) is 13.6. The Morgan fingerprint density at radius 3 is 2.34 bits per heavy atom. The molecule has 1 heterocycles. The first-order valence-corrected chi connectivity index (χ1v) is 8.54. The maximum Gasteiger partial charge on any atom is 0.431 e. The van der Waals surface area contributed by atoms with E-state index in [1.807, 2.05) is 0 Å². The first-order valence-electron chi connectivity index (χ1n) is 8.16. The lowest BCUT2D eigenvalue weighted by molar-refractivity contribution is -0.144. The fourth-order valence-corrected chi connectivity index (χ4v) is 2.86. The van der Waals surface area contributed by atoms with Gasteiger partial charge in [-0.1, -0.05) is 41.9 Å². The number of nitrogens with zero attached hydrogens (tertiary/aromatic N) is 2. The Kier molecular flexibility index (Phi) is 5.52. The van der Waals surface area contributed by atoms with Crippen molar-refractivity contribution in [1.29, 1.82) is 0 Å². The van der Waals surface area contributed by atoms with Crippen LogP contribution < -0.4 is 16.0 Å². The molecule has 0 bridgehead atoms. The van der Waals surface area contributed by atoms with Crippen LogP contribution in [0.3, 0.4) is 0 Å². The van der Waals surface area contributed by atoms with Crippen LogP contribution >= 0.6 is 11.6 Å². The van der Waals surface area contributed by atoms with Gasteiger partial charge < -0.3 is 4.74 Å². The molecule has 0 N–H and O–H groups in total. The average Bonchev–Trinajstić information content (AvgIpc) is 2.65. The van der Waals surface area contributed by atoms with E-state index >= 15 is 0 Å². The van der Waals surface area contributed by atoms with Gasteiger partial charge in [-0.15, -0.1) is 0 Å². The van der Waals surface area contributed by atoms with Crippen molar-refractivity contribution in [2.45, 2.75) is 12.8 Å². The molecule has 2 aromatic carbocycles. The van der Waals surface area contributed by atoms with Crippen molar-refractivity contribution in [2.24, 2.45) is 7.05 Å². The molecule has 0 aliphatic carbocycles. The van der Waals surface area contributed by atoms with Crippen LogP contribution in [-0.4, -0.2) is 9.13 Å². The summed E-state index contributed by atoms with van der Waals surface area (Å²) in [6.07, 6.45) is -4.92. The standard InChI is InChI=1S/C19H13ClF4N2O3/c1-25-16(19(22,23)24)9-17(27)26(18(25)28)14-8-15(12(20)7-13(14)21)29-10-11-5-3-2-4-6-11/h2-9H,10H2,1H3. The molecule has 0 saturated carbocycles. The van der Waals surface area contributed by atoms with Crippen LogP contribution in [0.2, 0.25) is 5.02 Å². The molecule has 3 rings (SSSR count). The number of hydrogen-bond acceptors (Lipinski definition) is 3. The monoisotopic (exact) mass is 428 g/mol. The van der Waals surface area contributed by atoms with Gasteiger partial charge in [0, 0.05) is 19.2 Å². The third-order valence-electron chi connectivity index (χ3n) is 4.09. The molecule has 0 radical (unpaired) electrons. The van der Waals surface area contributed by atoms with Crippen LogP contribution in [0.25, 0.3) is 5.69 Å². The van der Waals surface area contributed by atoms with Gasteiger partial charge in [0.25, 0.3) is 5.56 Å². The smallest absolute Gasteiger partial charge is 0.431 e. The second-order valence-corrected chi connectivity index (χ2v) is 6.46. The van der Waals surface area contributed by atoms with Crippen LogP contribution in [0.1, 0.15) is 11.3 Å². The Hall–Kier alpha value is -3.07. The number of rotatable bonds is 4. The third kappa shape index (κ3) is 4.19. The fourth-order valence-electron chi connectivity index (χ4n) is 2.66. The van der Waals surface area contributed by atoms with E-state index in [9.17, 15) is 27.2 Å². The van der Waals surface area contributed by atoms with E-state index in [1.54, 1.807) is 30.3 Å². The van der Waals surface area contributed by atoms with Gasteiger partial charge in [-0.3, -0.25) is 9.36 Å². The number of alkyl halides is 3. The summed E-state index contributed by atoms with van der Waals surface area (Å²) in [6.45, 7) is 0.0611. The number of halogens is 5. The van der Waals surface area contributed by atoms with Gasteiger partial charge in [-0.2, -0.15) is 13.2 Å². The molecule has 0 saturated heterocycles. The van der Waals surface area contributed by atoms with Crippen LogP contribution in [0.15, 0.2) is 58.1 Å². The summed E-state index contributed by atoms with van der Waals surface area (Å²) in [5.74, 6) is -1.11. The van der Waals surface area contributed by atoms with Crippen molar-refractivity contribution in [2.75, 3.05) is 0 Å². The maximum absolute atomic E-state index is 14.4. The Morgan fingerprint density at radius 1 is 1.07 bits per heavy atom. The molecule has 29 heavy (non-hydrogen) atoms. The highest BCUT2D eigenvalue weighted by Crippen LogP contribution is 2.30. The highest BCUT2D eigenvalue weighted by atomic mass is 35.5. The topological polar surface area (TPSA) is 53.2 Å². The fraction of sp³-hybridized carbons (Fsp3) is 0.158. The number of hydrogen-bond donors (Lipinski definition) is 0. The third-order valence-corrected chi connectivity index (χ3v) is 4.39. The van der Waals surface area contributed by atoms with Crippen LogP contribution in [0.4, 0.5) is 17.6 Å². The molecule has 0 aliphatic heterocycles. The van der Waals surface area contributed by atoms with E-state index in [0.29, 0.717) is 0 Å². The molecule has 0 aliphatic rings. The van der Waals surface area contributed by atoms with Crippen molar-refractivity contribution in [3.05, 3.63) is 91.5 Å². The van der Waals surface area contributed by atoms with Crippen LogP contribution in [0.5, 0.6) is 5.75 Å². The molecule has 0 unspecified atom stereocenters. The zero-order valence-corrected chi connectivity index (χ0v) is 15.6. The van der Waals surface area contributed by atoms with E-state index in [4.69, 9.17) is 16.3 Å². The van der Waals surface area contributed by atoms with Gasteiger partial charge in [-0.25, -0.2) is 13.8 Å². The maximum atomic E-state index is 14.4. The van der Waals surface area contributed by atoms with Gasteiger partial charge in [0.1, 0.15) is 23.9 Å². The van der Waals surface area contributed by atoms with E-state index in [0.717, 1.165) is 24.7 Å².